The van der Waals surface area contributed by atoms with Gasteiger partial charge in [-0.05, 0) is 13.0 Å². The molecule has 0 amide bonds. The standard InChI is InChI=1S/C13H16ClNO4S2/c1-3-20(16,17)9-8-15-10(2)13(21(14,18)19)11-6-4-5-7-12(11)15/h4-7H,3,8-9H2,1-2H3. The maximum Gasteiger partial charge on any atom is 0.263 e. The molecule has 2 rings (SSSR count). The van der Waals surface area contributed by atoms with E-state index in [0.717, 1.165) is 0 Å². The minimum atomic E-state index is -3.90. The van der Waals surface area contributed by atoms with E-state index in [4.69, 9.17) is 10.7 Å². The summed E-state index contributed by atoms with van der Waals surface area (Å²) in [7, 11) is -1.52. The number of halogens is 1. The molecule has 21 heavy (non-hydrogen) atoms. The molecule has 5 nitrogen and oxygen atoms in total. The molecular weight excluding hydrogens is 334 g/mol. The molecule has 0 aliphatic heterocycles. The van der Waals surface area contributed by atoms with Gasteiger partial charge >= 0.3 is 0 Å². The Morgan fingerprint density at radius 3 is 2.33 bits per heavy atom. The van der Waals surface area contributed by atoms with Crippen molar-refractivity contribution in [3.8, 4) is 0 Å². The Bertz CT molecular complexity index is 882. The Balaban J connectivity index is 2.63. The maximum atomic E-state index is 11.8. The first-order chi connectivity index (χ1) is 9.67. The molecule has 0 unspecified atom stereocenters. The van der Waals surface area contributed by atoms with Crippen LogP contribution in [-0.2, 0) is 25.4 Å². The minimum Gasteiger partial charge on any atom is -0.342 e. The lowest BCUT2D eigenvalue weighted by atomic mass is 10.2. The van der Waals surface area contributed by atoms with Gasteiger partial charge in [0.1, 0.15) is 4.90 Å². The Hall–Kier alpha value is -1.05. The zero-order chi connectivity index (χ0) is 15.8. The summed E-state index contributed by atoms with van der Waals surface area (Å²) in [6.07, 6.45) is 0. The Labute approximate surface area is 128 Å². The zero-order valence-corrected chi connectivity index (χ0v) is 14.1. The van der Waals surface area contributed by atoms with Crippen molar-refractivity contribution in [3.63, 3.8) is 0 Å². The molecule has 116 valence electrons. The van der Waals surface area contributed by atoms with Crippen molar-refractivity contribution < 1.29 is 16.8 Å². The highest BCUT2D eigenvalue weighted by Gasteiger charge is 2.23. The molecule has 0 saturated carbocycles. The Morgan fingerprint density at radius 2 is 1.76 bits per heavy atom. The molecule has 0 radical (unpaired) electrons. The number of aromatic nitrogens is 1. The van der Waals surface area contributed by atoms with Crippen LogP contribution >= 0.6 is 10.7 Å². The summed E-state index contributed by atoms with van der Waals surface area (Å²) < 4.78 is 48.6. The number of fused-ring (bicyclic) bond motifs is 1. The summed E-state index contributed by atoms with van der Waals surface area (Å²) >= 11 is 0. The monoisotopic (exact) mass is 349 g/mol. The molecule has 1 aromatic carbocycles. The molecule has 0 saturated heterocycles. The van der Waals surface area contributed by atoms with Gasteiger partial charge in [0.15, 0.2) is 9.84 Å². The van der Waals surface area contributed by atoms with Gasteiger partial charge in [-0.2, -0.15) is 0 Å². The van der Waals surface area contributed by atoms with E-state index in [2.05, 4.69) is 0 Å². The lowest BCUT2D eigenvalue weighted by molar-refractivity contribution is 0.590. The van der Waals surface area contributed by atoms with Crippen LogP contribution in [0.1, 0.15) is 12.6 Å². The van der Waals surface area contributed by atoms with Crippen LogP contribution in [0.25, 0.3) is 10.9 Å². The van der Waals surface area contributed by atoms with Crippen LogP contribution in [0, 0.1) is 6.92 Å². The van der Waals surface area contributed by atoms with Crippen LogP contribution < -0.4 is 0 Å². The Morgan fingerprint density at radius 1 is 1.14 bits per heavy atom. The van der Waals surface area contributed by atoms with Crippen LogP contribution in [-0.4, -0.2) is 32.9 Å². The van der Waals surface area contributed by atoms with Gasteiger partial charge in [-0.15, -0.1) is 0 Å². The highest BCUT2D eigenvalue weighted by molar-refractivity contribution is 8.14. The molecule has 1 heterocycles. The average molecular weight is 350 g/mol. The van der Waals surface area contributed by atoms with E-state index in [1.165, 1.54) is 0 Å². The van der Waals surface area contributed by atoms with Crippen LogP contribution in [0.15, 0.2) is 29.2 Å². The van der Waals surface area contributed by atoms with Crippen molar-refractivity contribution in [2.45, 2.75) is 25.3 Å². The number of hydrogen-bond donors (Lipinski definition) is 0. The van der Waals surface area contributed by atoms with Crippen molar-refractivity contribution in [2.24, 2.45) is 0 Å². The third-order valence-electron chi connectivity index (χ3n) is 3.48. The summed E-state index contributed by atoms with van der Waals surface area (Å²) in [5.41, 5.74) is 1.12. The molecule has 0 fully saturated rings. The van der Waals surface area contributed by atoms with Crippen molar-refractivity contribution in [3.05, 3.63) is 30.0 Å². The largest absolute Gasteiger partial charge is 0.342 e. The molecule has 0 bridgehead atoms. The fourth-order valence-electron chi connectivity index (χ4n) is 2.37. The first kappa shape index (κ1) is 16.3. The number of aryl methyl sites for hydroxylation is 1. The fourth-order valence-corrected chi connectivity index (χ4v) is 4.60. The normalized spacial score (nSPS) is 12.9. The van der Waals surface area contributed by atoms with Gasteiger partial charge in [0.2, 0.25) is 0 Å². The van der Waals surface area contributed by atoms with E-state index in [1.807, 2.05) is 0 Å². The zero-order valence-electron chi connectivity index (χ0n) is 11.7. The van der Waals surface area contributed by atoms with E-state index >= 15 is 0 Å². The molecule has 1 aromatic heterocycles. The van der Waals surface area contributed by atoms with E-state index in [-0.39, 0.29) is 22.9 Å². The minimum absolute atomic E-state index is 0.0369. The first-order valence-corrected chi connectivity index (χ1v) is 10.5. The van der Waals surface area contributed by atoms with Crippen LogP contribution in [0.4, 0.5) is 0 Å². The predicted molar refractivity (Wildman–Crippen MR) is 84.0 cm³/mol. The van der Waals surface area contributed by atoms with Crippen LogP contribution in [0.3, 0.4) is 0 Å². The number of nitrogens with zero attached hydrogens (tertiary/aromatic N) is 1. The number of rotatable bonds is 5. The van der Waals surface area contributed by atoms with Gasteiger partial charge in [0.25, 0.3) is 9.05 Å². The summed E-state index contributed by atoms with van der Waals surface area (Å²) in [6, 6.07) is 6.92. The van der Waals surface area contributed by atoms with Gasteiger partial charge < -0.3 is 4.57 Å². The second-order valence-corrected chi connectivity index (χ2v) is 9.73. The van der Waals surface area contributed by atoms with Gasteiger partial charge in [0.05, 0.1) is 5.75 Å². The highest BCUT2D eigenvalue weighted by atomic mass is 35.7. The molecule has 8 heteroatoms. The van der Waals surface area contributed by atoms with E-state index < -0.39 is 18.9 Å². The van der Waals surface area contributed by atoms with Crippen molar-refractivity contribution in [2.75, 3.05) is 11.5 Å². The second kappa shape index (κ2) is 5.62. The van der Waals surface area contributed by atoms with Gasteiger partial charge in [0, 0.05) is 39.6 Å². The summed E-state index contributed by atoms with van der Waals surface area (Å²) in [5.74, 6) is 0.0245. The lowest BCUT2D eigenvalue weighted by Crippen LogP contribution is -2.15. The van der Waals surface area contributed by atoms with Crippen molar-refractivity contribution in [1.29, 1.82) is 0 Å². The quantitative estimate of drug-likeness (QED) is 0.776. The van der Waals surface area contributed by atoms with Gasteiger partial charge in [-0.1, -0.05) is 25.1 Å². The predicted octanol–water partition coefficient (Wildman–Crippen LogP) is 2.31. The van der Waals surface area contributed by atoms with E-state index in [1.54, 1.807) is 42.7 Å². The highest BCUT2D eigenvalue weighted by Crippen LogP contribution is 2.31. The third kappa shape index (κ3) is 3.25. The molecule has 0 N–H and O–H groups in total. The average Bonchev–Trinajstić information content (AvgIpc) is 2.68. The van der Waals surface area contributed by atoms with E-state index in [9.17, 15) is 16.8 Å². The summed E-state index contributed by atoms with van der Waals surface area (Å²) in [6.45, 7) is 3.42. The van der Waals surface area contributed by atoms with Crippen molar-refractivity contribution >= 4 is 40.5 Å². The second-order valence-electron chi connectivity index (χ2n) is 4.76. The lowest BCUT2D eigenvalue weighted by Gasteiger charge is -2.08. The molecule has 0 aliphatic carbocycles. The molecular formula is C13H16ClNO4S2. The number of benzene rings is 1. The van der Waals surface area contributed by atoms with E-state index in [0.29, 0.717) is 16.6 Å². The maximum absolute atomic E-state index is 11.8. The fraction of sp³-hybridized carbons (Fsp3) is 0.385. The third-order valence-corrected chi connectivity index (χ3v) is 6.63. The van der Waals surface area contributed by atoms with Crippen molar-refractivity contribution in [1.82, 2.24) is 4.57 Å². The summed E-state index contributed by atoms with van der Waals surface area (Å²) in [4.78, 5) is 0.0497. The van der Waals surface area contributed by atoms with Gasteiger partial charge in [-0.25, -0.2) is 16.8 Å². The first-order valence-electron chi connectivity index (χ1n) is 6.40. The number of hydrogen-bond acceptors (Lipinski definition) is 4. The van der Waals surface area contributed by atoms with Gasteiger partial charge in [-0.3, -0.25) is 0 Å². The SMILES string of the molecule is CCS(=O)(=O)CCn1c(C)c(S(=O)(=O)Cl)c2ccccc21. The molecule has 0 aliphatic rings. The number of sulfone groups is 1. The van der Waals surface area contributed by atoms with Crippen LogP contribution in [0.5, 0.6) is 0 Å². The molecule has 2 aromatic rings. The molecule has 0 spiro atoms. The molecule has 0 atom stereocenters. The topological polar surface area (TPSA) is 73.2 Å². The number of para-hydroxylation sites is 1. The summed E-state index contributed by atoms with van der Waals surface area (Å²) in [5, 5.41) is 0.513. The Kier molecular flexibility index (Phi) is 4.37. The van der Waals surface area contributed by atoms with Crippen LogP contribution in [0.2, 0.25) is 0 Å². The smallest absolute Gasteiger partial charge is 0.263 e.